The van der Waals surface area contributed by atoms with Crippen LogP contribution in [0.1, 0.15) is 34.6 Å². The summed E-state index contributed by atoms with van der Waals surface area (Å²) in [5.41, 5.74) is 0. The third-order valence-corrected chi connectivity index (χ3v) is 3.42. The van der Waals surface area contributed by atoms with Gasteiger partial charge in [-0.25, -0.2) is 0 Å². The van der Waals surface area contributed by atoms with Crippen LogP contribution in [0.25, 0.3) is 0 Å². The lowest BCUT2D eigenvalue weighted by Crippen LogP contribution is -2.19. The van der Waals surface area contributed by atoms with Gasteiger partial charge in [-0.1, -0.05) is 47.3 Å². The molecule has 1 heteroatoms. The Hall–Kier alpha value is 0.0649. The summed E-state index contributed by atoms with van der Waals surface area (Å²) in [6.07, 6.45) is 0. The zero-order chi connectivity index (χ0) is 9.02. The van der Waals surface area contributed by atoms with E-state index in [-0.39, 0.29) is 0 Å². The minimum Gasteiger partial charge on any atom is -0.0891 e. The van der Waals surface area contributed by atoms with Gasteiger partial charge in [-0.3, -0.25) is 0 Å². The van der Waals surface area contributed by atoms with Gasteiger partial charge in [0, 0.05) is 0 Å². The van der Waals surface area contributed by atoms with Crippen molar-refractivity contribution >= 4 is 7.28 Å². The molecule has 0 aromatic rings. The standard InChI is InChI=1S/C10H23B/c1-7(2)8(3)9(4)10(5)11-6/h7-11H,1-6H3. The van der Waals surface area contributed by atoms with E-state index < -0.39 is 0 Å². The van der Waals surface area contributed by atoms with Crippen molar-refractivity contribution in [2.24, 2.45) is 17.8 Å². The van der Waals surface area contributed by atoms with Gasteiger partial charge in [0.1, 0.15) is 7.28 Å². The Morgan fingerprint density at radius 1 is 0.818 bits per heavy atom. The molecule has 0 saturated carbocycles. The van der Waals surface area contributed by atoms with Crippen LogP contribution in [0.5, 0.6) is 0 Å². The first-order valence-corrected chi connectivity index (χ1v) is 5.00. The maximum atomic E-state index is 2.39. The van der Waals surface area contributed by atoms with Crippen LogP contribution in [0, 0.1) is 17.8 Å². The lowest BCUT2D eigenvalue weighted by atomic mass is 9.59. The van der Waals surface area contributed by atoms with Crippen LogP contribution < -0.4 is 0 Å². The van der Waals surface area contributed by atoms with Crippen LogP contribution in [0.3, 0.4) is 0 Å². The number of hydrogen-bond donors (Lipinski definition) is 0. The largest absolute Gasteiger partial charge is 0.120 e. The Bertz CT molecular complexity index is 99.0. The molecule has 0 aliphatic rings. The number of rotatable bonds is 4. The van der Waals surface area contributed by atoms with Crippen molar-refractivity contribution in [3.05, 3.63) is 0 Å². The molecule has 0 N–H and O–H groups in total. The van der Waals surface area contributed by atoms with Crippen LogP contribution in [0.4, 0.5) is 0 Å². The van der Waals surface area contributed by atoms with Crippen molar-refractivity contribution in [1.29, 1.82) is 0 Å². The molecule has 0 heterocycles. The molecule has 11 heavy (non-hydrogen) atoms. The highest BCUT2D eigenvalue weighted by atomic mass is 14.2. The molecular formula is C10H23B. The molecule has 0 nitrogen and oxygen atoms in total. The fraction of sp³-hybridized carbons (Fsp3) is 1.00. The molecule has 0 aromatic carbocycles. The van der Waals surface area contributed by atoms with Crippen LogP contribution in [-0.2, 0) is 0 Å². The van der Waals surface area contributed by atoms with Gasteiger partial charge in [-0.2, -0.15) is 0 Å². The van der Waals surface area contributed by atoms with Gasteiger partial charge < -0.3 is 0 Å². The van der Waals surface area contributed by atoms with Gasteiger partial charge >= 0.3 is 0 Å². The van der Waals surface area contributed by atoms with E-state index in [9.17, 15) is 0 Å². The first kappa shape index (κ1) is 11.1. The van der Waals surface area contributed by atoms with Crippen molar-refractivity contribution in [2.75, 3.05) is 0 Å². The van der Waals surface area contributed by atoms with Crippen molar-refractivity contribution < 1.29 is 0 Å². The van der Waals surface area contributed by atoms with E-state index >= 15 is 0 Å². The highest BCUT2D eigenvalue weighted by molar-refractivity contribution is 6.35. The van der Waals surface area contributed by atoms with E-state index in [0.717, 1.165) is 23.6 Å². The molecule has 0 rings (SSSR count). The average Bonchev–Trinajstić information content (AvgIpc) is 2.00. The first-order chi connectivity index (χ1) is 5.00. The highest BCUT2D eigenvalue weighted by Gasteiger charge is 2.20. The lowest BCUT2D eigenvalue weighted by Gasteiger charge is -2.27. The van der Waals surface area contributed by atoms with Gasteiger partial charge in [0.25, 0.3) is 0 Å². The fourth-order valence-electron chi connectivity index (χ4n) is 1.50. The van der Waals surface area contributed by atoms with E-state index in [4.69, 9.17) is 0 Å². The molecule has 3 atom stereocenters. The van der Waals surface area contributed by atoms with Crippen LogP contribution in [0.2, 0.25) is 12.6 Å². The van der Waals surface area contributed by atoms with Gasteiger partial charge in [-0.05, 0) is 17.8 Å². The Morgan fingerprint density at radius 3 is 1.55 bits per heavy atom. The first-order valence-electron chi connectivity index (χ1n) is 5.00. The second-order valence-electron chi connectivity index (χ2n) is 4.35. The molecule has 3 unspecified atom stereocenters. The molecule has 0 aromatic heterocycles. The van der Waals surface area contributed by atoms with Crippen LogP contribution in [-0.4, -0.2) is 7.28 Å². The molecule has 0 fully saturated rings. The molecule has 0 saturated heterocycles. The monoisotopic (exact) mass is 154 g/mol. The predicted octanol–water partition coefficient (Wildman–Crippen LogP) is 3.21. The maximum absolute atomic E-state index is 2.39. The normalized spacial score (nSPS) is 19.5. The van der Waals surface area contributed by atoms with Crippen molar-refractivity contribution in [3.8, 4) is 0 Å². The molecule has 0 aliphatic heterocycles. The fourth-order valence-corrected chi connectivity index (χ4v) is 1.50. The Morgan fingerprint density at radius 2 is 1.27 bits per heavy atom. The van der Waals surface area contributed by atoms with Gasteiger partial charge in [0.2, 0.25) is 0 Å². The smallest absolute Gasteiger partial charge is 0.0891 e. The summed E-state index contributed by atoms with van der Waals surface area (Å²) >= 11 is 0. The maximum Gasteiger partial charge on any atom is 0.120 e. The van der Waals surface area contributed by atoms with Crippen molar-refractivity contribution in [1.82, 2.24) is 0 Å². The Labute approximate surface area is 73.0 Å². The van der Waals surface area contributed by atoms with Crippen molar-refractivity contribution in [3.63, 3.8) is 0 Å². The Kier molecular flexibility index (Phi) is 4.87. The van der Waals surface area contributed by atoms with E-state index in [1.165, 1.54) is 7.28 Å². The van der Waals surface area contributed by atoms with Gasteiger partial charge in [-0.15, -0.1) is 0 Å². The topological polar surface area (TPSA) is 0 Å². The molecule has 0 amide bonds. The van der Waals surface area contributed by atoms with Crippen LogP contribution >= 0.6 is 0 Å². The van der Waals surface area contributed by atoms with Gasteiger partial charge in [0.05, 0.1) is 0 Å². The SMILES string of the molecule is CBC(C)C(C)C(C)C(C)C. The van der Waals surface area contributed by atoms with Gasteiger partial charge in [0.15, 0.2) is 0 Å². The second kappa shape index (κ2) is 4.85. The summed E-state index contributed by atoms with van der Waals surface area (Å²) in [5.74, 6) is 3.45. The summed E-state index contributed by atoms with van der Waals surface area (Å²) in [4.78, 5) is 0. The minimum atomic E-state index is 0.832. The zero-order valence-corrected chi connectivity index (χ0v) is 9.02. The molecule has 66 valence electrons. The summed E-state index contributed by atoms with van der Waals surface area (Å²) in [5, 5.41) is 0. The van der Waals surface area contributed by atoms with E-state index in [0.29, 0.717) is 0 Å². The third kappa shape index (κ3) is 3.31. The quantitative estimate of drug-likeness (QED) is 0.545. The molecular weight excluding hydrogens is 131 g/mol. The third-order valence-electron chi connectivity index (χ3n) is 3.42. The van der Waals surface area contributed by atoms with Crippen LogP contribution in [0.15, 0.2) is 0 Å². The average molecular weight is 154 g/mol. The van der Waals surface area contributed by atoms with E-state index in [1.807, 2.05) is 0 Å². The predicted molar refractivity (Wildman–Crippen MR) is 55.6 cm³/mol. The summed E-state index contributed by atoms with van der Waals surface area (Å²) < 4.78 is 0. The molecule has 0 radical (unpaired) electrons. The highest BCUT2D eigenvalue weighted by Crippen LogP contribution is 2.29. The summed E-state index contributed by atoms with van der Waals surface area (Å²) in [6.45, 7) is 14.1. The van der Waals surface area contributed by atoms with E-state index in [1.54, 1.807) is 0 Å². The van der Waals surface area contributed by atoms with Crippen molar-refractivity contribution in [2.45, 2.75) is 47.3 Å². The molecule has 0 spiro atoms. The molecule has 0 aliphatic carbocycles. The zero-order valence-electron chi connectivity index (χ0n) is 9.02. The molecule has 0 bridgehead atoms. The summed E-state index contributed by atoms with van der Waals surface area (Å²) in [7, 11) is 1.32. The minimum absolute atomic E-state index is 0.832. The lowest BCUT2D eigenvalue weighted by molar-refractivity contribution is 0.289. The second-order valence-corrected chi connectivity index (χ2v) is 4.35. The summed E-state index contributed by atoms with van der Waals surface area (Å²) in [6, 6.07) is 0. The Balaban J connectivity index is 3.90. The number of hydrogen-bond acceptors (Lipinski definition) is 0. The van der Waals surface area contributed by atoms with E-state index in [2.05, 4.69) is 41.4 Å².